The second kappa shape index (κ2) is 9.76. The van der Waals surface area contributed by atoms with Gasteiger partial charge >= 0.3 is 0 Å². The first-order chi connectivity index (χ1) is 14.0. The first-order valence-corrected chi connectivity index (χ1v) is 10.2. The summed E-state index contributed by atoms with van der Waals surface area (Å²) in [4.78, 5) is 25.7. The van der Waals surface area contributed by atoms with Crippen molar-refractivity contribution < 1.29 is 19.2 Å². The zero-order valence-corrected chi connectivity index (χ0v) is 17.5. The van der Waals surface area contributed by atoms with Gasteiger partial charge < -0.3 is 20.3 Å². The van der Waals surface area contributed by atoms with Gasteiger partial charge in [0, 0.05) is 5.02 Å². The minimum atomic E-state index is -0.209. The van der Waals surface area contributed by atoms with Gasteiger partial charge in [-0.15, -0.1) is 0 Å². The maximum absolute atomic E-state index is 12.5. The van der Waals surface area contributed by atoms with Gasteiger partial charge in [0.15, 0.2) is 13.1 Å². The first-order valence-electron chi connectivity index (χ1n) is 9.78. The summed E-state index contributed by atoms with van der Waals surface area (Å²) in [5, 5.41) is 6.43. The van der Waals surface area contributed by atoms with Crippen molar-refractivity contribution in [3.63, 3.8) is 0 Å². The molecule has 0 saturated carbocycles. The van der Waals surface area contributed by atoms with E-state index in [1.807, 2.05) is 19.2 Å². The highest BCUT2D eigenvalue weighted by molar-refractivity contribution is 6.31. The van der Waals surface area contributed by atoms with Crippen LogP contribution in [-0.2, 0) is 16.0 Å². The number of aryl methyl sites for hydroxylation is 1. The van der Waals surface area contributed by atoms with Crippen LogP contribution in [0.1, 0.15) is 30.0 Å². The number of benzene rings is 2. The van der Waals surface area contributed by atoms with Crippen LogP contribution < -0.4 is 20.3 Å². The summed E-state index contributed by atoms with van der Waals surface area (Å²) in [6.45, 7) is 0.378. The second-order valence-corrected chi connectivity index (χ2v) is 7.85. The molecule has 2 atom stereocenters. The molecule has 0 aliphatic heterocycles. The molecule has 1 unspecified atom stereocenters. The summed E-state index contributed by atoms with van der Waals surface area (Å²) >= 11 is 6.00. The number of carbonyl (C=O) groups excluding carboxylic acids is 2. The lowest BCUT2D eigenvalue weighted by Crippen LogP contribution is -3.11. The second-order valence-electron chi connectivity index (χ2n) is 7.41. The molecule has 6 nitrogen and oxygen atoms in total. The molecule has 2 aromatic rings. The monoisotopic (exact) mass is 416 g/mol. The van der Waals surface area contributed by atoms with Gasteiger partial charge in [-0.25, -0.2) is 0 Å². The van der Waals surface area contributed by atoms with Gasteiger partial charge in [0.25, 0.3) is 11.8 Å². The molecule has 0 spiro atoms. The Balaban J connectivity index is 1.52. The number of halogens is 1. The van der Waals surface area contributed by atoms with Gasteiger partial charge in [-0.2, -0.15) is 0 Å². The van der Waals surface area contributed by atoms with Crippen molar-refractivity contribution in [2.45, 2.75) is 25.3 Å². The van der Waals surface area contributed by atoms with Crippen molar-refractivity contribution in [3.8, 4) is 5.75 Å². The molecule has 29 heavy (non-hydrogen) atoms. The van der Waals surface area contributed by atoms with E-state index in [4.69, 9.17) is 16.3 Å². The number of carbonyl (C=O) groups is 2. The van der Waals surface area contributed by atoms with E-state index in [9.17, 15) is 9.59 Å². The van der Waals surface area contributed by atoms with Gasteiger partial charge in [0.05, 0.1) is 25.9 Å². The molecule has 0 radical (unpaired) electrons. The van der Waals surface area contributed by atoms with Crippen molar-refractivity contribution in [2.24, 2.45) is 0 Å². The summed E-state index contributed by atoms with van der Waals surface area (Å²) in [7, 11) is 3.35. The molecule has 0 aromatic heterocycles. The smallest absolute Gasteiger partial charge is 0.279 e. The number of likely N-dealkylation sites (N-methyl/N-ethyl adjacent to an activating group) is 1. The van der Waals surface area contributed by atoms with Crippen LogP contribution in [0.3, 0.4) is 0 Å². The lowest BCUT2D eigenvalue weighted by molar-refractivity contribution is -0.862. The molecule has 1 aliphatic rings. The highest BCUT2D eigenvalue weighted by atomic mass is 35.5. The highest BCUT2D eigenvalue weighted by Gasteiger charge is 2.23. The molecule has 1 aliphatic carbocycles. The van der Waals surface area contributed by atoms with E-state index in [1.54, 1.807) is 18.2 Å². The molecule has 3 rings (SSSR count). The van der Waals surface area contributed by atoms with Crippen LogP contribution in [0, 0.1) is 0 Å². The fourth-order valence-electron chi connectivity index (χ4n) is 3.73. The SMILES string of the molecule is COc1ccc(Cl)cc1NC(=O)C[NH+](C)CC(=O)N[C@H]1CCCc2ccccc21. The van der Waals surface area contributed by atoms with Crippen LogP contribution in [0.5, 0.6) is 5.75 Å². The Kier molecular flexibility index (Phi) is 7.12. The van der Waals surface area contributed by atoms with Gasteiger partial charge in [-0.3, -0.25) is 9.59 Å². The Morgan fingerprint density at radius 1 is 1.17 bits per heavy atom. The van der Waals surface area contributed by atoms with E-state index in [0.29, 0.717) is 16.5 Å². The van der Waals surface area contributed by atoms with Crippen LogP contribution in [0.4, 0.5) is 5.69 Å². The average molecular weight is 417 g/mol. The van der Waals surface area contributed by atoms with Gasteiger partial charge in [-0.05, 0) is 48.6 Å². The van der Waals surface area contributed by atoms with Gasteiger partial charge in [0.1, 0.15) is 5.75 Å². The minimum Gasteiger partial charge on any atom is -0.495 e. The fraction of sp³-hybridized carbons (Fsp3) is 0.364. The summed E-state index contributed by atoms with van der Waals surface area (Å²) < 4.78 is 5.24. The van der Waals surface area contributed by atoms with Gasteiger partial charge in [0.2, 0.25) is 0 Å². The van der Waals surface area contributed by atoms with E-state index in [1.165, 1.54) is 18.2 Å². The molecule has 0 fully saturated rings. The Bertz CT molecular complexity index is 887. The Labute approximate surface area is 176 Å². The maximum Gasteiger partial charge on any atom is 0.279 e. The Morgan fingerprint density at radius 2 is 1.93 bits per heavy atom. The van der Waals surface area contributed by atoms with Gasteiger partial charge in [-0.1, -0.05) is 35.9 Å². The molecule has 3 N–H and O–H groups in total. The average Bonchev–Trinajstić information content (AvgIpc) is 2.68. The quantitative estimate of drug-likeness (QED) is 0.646. The molecule has 0 saturated heterocycles. The topological polar surface area (TPSA) is 71.9 Å². The third kappa shape index (κ3) is 5.71. The standard InChI is InChI=1S/C22H26ClN3O3/c1-26(14-22(28)25-19-12-16(23)10-11-20(19)29-2)13-21(27)24-18-9-5-7-15-6-3-4-8-17(15)18/h3-4,6,8,10-12,18H,5,7,9,13-14H2,1-2H3,(H,24,27)(H,25,28)/p+1/t18-/m0/s1. The van der Waals surface area contributed by atoms with E-state index in [2.05, 4.69) is 22.8 Å². The number of nitrogens with one attached hydrogen (secondary N) is 3. The number of hydrogen-bond acceptors (Lipinski definition) is 3. The maximum atomic E-state index is 12.5. The summed E-state index contributed by atoms with van der Waals surface area (Å²) in [6.07, 6.45) is 3.06. The van der Waals surface area contributed by atoms with E-state index < -0.39 is 0 Å². The van der Waals surface area contributed by atoms with Crippen molar-refractivity contribution in [2.75, 3.05) is 32.6 Å². The number of amides is 2. The van der Waals surface area contributed by atoms with Crippen LogP contribution in [0.25, 0.3) is 0 Å². The lowest BCUT2D eigenvalue weighted by atomic mass is 9.88. The number of rotatable bonds is 7. The predicted octanol–water partition coefficient (Wildman–Crippen LogP) is 2.00. The number of methoxy groups -OCH3 is 1. The van der Waals surface area contributed by atoms with E-state index in [-0.39, 0.29) is 30.9 Å². The van der Waals surface area contributed by atoms with Crippen molar-refractivity contribution in [3.05, 3.63) is 58.6 Å². The minimum absolute atomic E-state index is 0.0461. The Morgan fingerprint density at radius 3 is 2.72 bits per heavy atom. The van der Waals surface area contributed by atoms with Crippen LogP contribution in [0.15, 0.2) is 42.5 Å². The summed E-state index contributed by atoms with van der Waals surface area (Å²) in [5.74, 6) is 0.269. The molecule has 0 bridgehead atoms. The highest BCUT2D eigenvalue weighted by Crippen LogP contribution is 2.29. The molecule has 0 heterocycles. The molecular formula is C22H27ClN3O3+. The molecule has 2 aromatic carbocycles. The zero-order valence-electron chi connectivity index (χ0n) is 16.8. The summed E-state index contributed by atoms with van der Waals surface area (Å²) in [5.41, 5.74) is 3.02. The number of fused-ring (bicyclic) bond motifs is 1. The van der Waals surface area contributed by atoms with Crippen molar-refractivity contribution >= 4 is 29.1 Å². The number of anilines is 1. The molecule has 2 amide bonds. The predicted molar refractivity (Wildman–Crippen MR) is 114 cm³/mol. The van der Waals surface area contributed by atoms with Crippen LogP contribution >= 0.6 is 11.6 Å². The number of hydrogen-bond donors (Lipinski definition) is 3. The number of ether oxygens (including phenoxy) is 1. The molecule has 7 heteroatoms. The van der Waals surface area contributed by atoms with Crippen molar-refractivity contribution in [1.82, 2.24) is 5.32 Å². The van der Waals surface area contributed by atoms with E-state index >= 15 is 0 Å². The van der Waals surface area contributed by atoms with Crippen LogP contribution in [-0.4, -0.2) is 39.1 Å². The lowest BCUT2D eigenvalue weighted by Gasteiger charge is -2.26. The third-order valence-electron chi connectivity index (χ3n) is 5.06. The molecular weight excluding hydrogens is 390 g/mol. The van der Waals surface area contributed by atoms with E-state index in [0.717, 1.165) is 24.2 Å². The fourth-order valence-corrected chi connectivity index (χ4v) is 3.90. The van der Waals surface area contributed by atoms with Crippen molar-refractivity contribution in [1.29, 1.82) is 0 Å². The third-order valence-corrected chi connectivity index (χ3v) is 5.30. The Hall–Kier alpha value is -2.57. The van der Waals surface area contributed by atoms with Crippen LogP contribution in [0.2, 0.25) is 5.02 Å². The molecule has 154 valence electrons. The first kappa shape index (κ1) is 21.1. The zero-order chi connectivity index (χ0) is 20.8. The number of quaternary nitrogens is 1. The summed E-state index contributed by atoms with van der Waals surface area (Å²) in [6, 6.07) is 13.3. The normalized spacial score (nSPS) is 16.4. The largest absolute Gasteiger partial charge is 0.495 e.